The van der Waals surface area contributed by atoms with Gasteiger partial charge in [0.05, 0.1) is 5.02 Å². The largest absolute Gasteiger partial charge is 0.479 e. The number of benzene rings is 1. The first-order chi connectivity index (χ1) is 8.56. The van der Waals surface area contributed by atoms with Crippen LogP contribution in [0.25, 0.3) is 0 Å². The van der Waals surface area contributed by atoms with Crippen LogP contribution in [0, 0.1) is 0 Å². The van der Waals surface area contributed by atoms with Crippen LogP contribution in [0.15, 0.2) is 18.2 Å². The highest BCUT2D eigenvalue weighted by atomic mass is 35.5. The fourth-order valence-electron chi connectivity index (χ4n) is 1.54. The summed E-state index contributed by atoms with van der Waals surface area (Å²) in [6.07, 6.45) is 1.58. The number of carboxylic acid groups (broad SMARTS) is 1. The van der Waals surface area contributed by atoms with Crippen molar-refractivity contribution in [2.24, 2.45) is 0 Å². The van der Waals surface area contributed by atoms with E-state index in [1.54, 1.807) is 12.1 Å². The lowest BCUT2D eigenvalue weighted by atomic mass is 10.2. The number of carbonyl (C=O) groups is 1. The zero-order valence-electron chi connectivity index (χ0n) is 10.1. The van der Waals surface area contributed by atoms with Gasteiger partial charge in [0.2, 0.25) is 0 Å². The molecule has 1 atom stereocenters. The minimum absolute atomic E-state index is 0.404. The Morgan fingerprint density at radius 3 is 2.89 bits per heavy atom. The average molecular weight is 270 g/mol. The number of carboxylic acids is 1. The number of nitrogens with one attached hydrogen (secondary N) is 1. The second-order valence-electron chi connectivity index (χ2n) is 4.52. The van der Waals surface area contributed by atoms with Gasteiger partial charge in [0.15, 0.2) is 6.10 Å². The summed E-state index contributed by atoms with van der Waals surface area (Å²) in [5, 5.41) is 12.6. The van der Waals surface area contributed by atoms with Gasteiger partial charge in [-0.3, -0.25) is 0 Å². The SMILES string of the molecule is CC(Oc1ccc(CNC2CC2)cc1Cl)C(=O)O. The molecule has 1 unspecified atom stereocenters. The van der Waals surface area contributed by atoms with Crippen LogP contribution in [0.3, 0.4) is 0 Å². The third-order valence-electron chi connectivity index (χ3n) is 2.82. The highest BCUT2D eigenvalue weighted by Gasteiger charge is 2.20. The molecule has 1 aromatic carbocycles. The summed E-state index contributed by atoms with van der Waals surface area (Å²) >= 11 is 6.06. The molecule has 0 spiro atoms. The molecule has 0 aromatic heterocycles. The van der Waals surface area contributed by atoms with Crippen LogP contribution in [0.4, 0.5) is 0 Å². The third kappa shape index (κ3) is 3.62. The predicted molar refractivity (Wildman–Crippen MR) is 69.0 cm³/mol. The molecule has 0 bridgehead atoms. The molecule has 4 nitrogen and oxygen atoms in total. The Labute approximate surface area is 111 Å². The fraction of sp³-hybridized carbons (Fsp3) is 0.462. The van der Waals surface area contributed by atoms with Crippen LogP contribution in [0.5, 0.6) is 5.75 Å². The standard InChI is InChI=1S/C13H16ClNO3/c1-8(13(16)17)18-12-5-2-9(6-11(12)14)7-15-10-3-4-10/h2,5-6,8,10,15H,3-4,7H2,1H3,(H,16,17). The molecule has 2 rings (SSSR count). The topological polar surface area (TPSA) is 58.6 Å². The van der Waals surface area contributed by atoms with Crippen molar-refractivity contribution in [2.75, 3.05) is 0 Å². The summed E-state index contributed by atoms with van der Waals surface area (Å²) in [5.74, 6) is -0.604. The summed E-state index contributed by atoms with van der Waals surface area (Å²) < 4.78 is 5.25. The van der Waals surface area contributed by atoms with E-state index in [1.165, 1.54) is 19.8 Å². The fourth-order valence-corrected chi connectivity index (χ4v) is 1.79. The van der Waals surface area contributed by atoms with Gasteiger partial charge in [-0.1, -0.05) is 17.7 Å². The first-order valence-electron chi connectivity index (χ1n) is 5.97. The second kappa shape index (κ2) is 5.59. The van der Waals surface area contributed by atoms with Crippen molar-refractivity contribution in [1.82, 2.24) is 5.32 Å². The Hall–Kier alpha value is -1.26. The van der Waals surface area contributed by atoms with Crippen molar-refractivity contribution in [3.63, 3.8) is 0 Å². The Bertz CT molecular complexity index is 446. The normalized spacial score (nSPS) is 16.3. The van der Waals surface area contributed by atoms with Gasteiger partial charge in [-0.25, -0.2) is 4.79 Å². The molecule has 2 N–H and O–H groups in total. The first kappa shape index (κ1) is 13.2. The Kier molecular flexibility index (Phi) is 4.09. The third-order valence-corrected chi connectivity index (χ3v) is 3.12. The smallest absolute Gasteiger partial charge is 0.344 e. The molecule has 0 saturated heterocycles. The van der Waals surface area contributed by atoms with Crippen LogP contribution < -0.4 is 10.1 Å². The van der Waals surface area contributed by atoms with E-state index in [0.717, 1.165) is 12.1 Å². The van der Waals surface area contributed by atoms with E-state index in [-0.39, 0.29) is 0 Å². The van der Waals surface area contributed by atoms with Gasteiger partial charge in [-0.15, -0.1) is 0 Å². The predicted octanol–water partition coefficient (Wildman–Crippen LogP) is 2.44. The van der Waals surface area contributed by atoms with Crippen LogP contribution >= 0.6 is 11.6 Å². The minimum atomic E-state index is -1.01. The Morgan fingerprint density at radius 1 is 1.61 bits per heavy atom. The number of hydrogen-bond acceptors (Lipinski definition) is 3. The summed E-state index contributed by atoms with van der Waals surface area (Å²) in [4.78, 5) is 10.7. The van der Waals surface area contributed by atoms with E-state index in [0.29, 0.717) is 16.8 Å². The van der Waals surface area contributed by atoms with E-state index >= 15 is 0 Å². The molecule has 1 aliphatic carbocycles. The van der Waals surface area contributed by atoms with Crippen molar-refractivity contribution < 1.29 is 14.6 Å². The highest BCUT2D eigenvalue weighted by Crippen LogP contribution is 2.27. The maximum atomic E-state index is 10.7. The van der Waals surface area contributed by atoms with Crippen LogP contribution in [-0.2, 0) is 11.3 Å². The zero-order valence-corrected chi connectivity index (χ0v) is 10.9. The van der Waals surface area contributed by atoms with Crippen molar-refractivity contribution >= 4 is 17.6 Å². The van der Waals surface area contributed by atoms with E-state index < -0.39 is 12.1 Å². The molecule has 18 heavy (non-hydrogen) atoms. The summed E-state index contributed by atoms with van der Waals surface area (Å²) in [6.45, 7) is 2.25. The lowest BCUT2D eigenvalue weighted by molar-refractivity contribution is -0.144. The van der Waals surface area contributed by atoms with Gasteiger partial charge < -0.3 is 15.2 Å². The monoisotopic (exact) mass is 269 g/mol. The molecule has 98 valence electrons. The Balaban J connectivity index is 1.97. The van der Waals surface area contributed by atoms with Crippen LogP contribution in [0.1, 0.15) is 25.3 Å². The lowest BCUT2D eigenvalue weighted by Gasteiger charge is -2.12. The highest BCUT2D eigenvalue weighted by molar-refractivity contribution is 6.32. The summed E-state index contributed by atoms with van der Waals surface area (Å²) in [7, 11) is 0. The first-order valence-corrected chi connectivity index (χ1v) is 6.35. The van der Waals surface area contributed by atoms with Crippen molar-refractivity contribution in [3.05, 3.63) is 28.8 Å². The van der Waals surface area contributed by atoms with E-state index in [1.807, 2.05) is 6.07 Å². The molecule has 0 amide bonds. The molecule has 1 aromatic rings. The lowest BCUT2D eigenvalue weighted by Crippen LogP contribution is -2.23. The summed E-state index contributed by atoms with van der Waals surface area (Å²) in [5.41, 5.74) is 1.07. The van der Waals surface area contributed by atoms with Crippen molar-refractivity contribution in [2.45, 2.75) is 38.5 Å². The summed E-state index contributed by atoms with van der Waals surface area (Å²) in [6, 6.07) is 6.06. The molecular weight excluding hydrogens is 254 g/mol. The van der Waals surface area contributed by atoms with Gasteiger partial charge in [0.25, 0.3) is 0 Å². The molecule has 1 saturated carbocycles. The molecule has 0 heterocycles. The van der Waals surface area contributed by atoms with Crippen molar-refractivity contribution in [1.29, 1.82) is 0 Å². The maximum Gasteiger partial charge on any atom is 0.344 e. The van der Waals surface area contributed by atoms with E-state index in [9.17, 15) is 4.79 Å². The molecule has 0 radical (unpaired) electrons. The van der Waals surface area contributed by atoms with Gasteiger partial charge >= 0.3 is 5.97 Å². The average Bonchev–Trinajstić information content (AvgIpc) is 3.13. The minimum Gasteiger partial charge on any atom is -0.479 e. The van der Waals surface area contributed by atoms with E-state index in [2.05, 4.69) is 5.32 Å². The molecular formula is C13H16ClNO3. The number of halogens is 1. The Morgan fingerprint density at radius 2 is 2.33 bits per heavy atom. The van der Waals surface area contributed by atoms with Crippen LogP contribution in [0.2, 0.25) is 5.02 Å². The van der Waals surface area contributed by atoms with Gasteiger partial charge in [0.1, 0.15) is 5.75 Å². The molecule has 0 aliphatic heterocycles. The number of ether oxygens (including phenoxy) is 1. The zero-order chi connectivity index (χ0) is 13.1. The molecule has 5 heteroatoms. The van der Waals surface area contributed by atoms with Crippen LogP contribution in [-0.4, -0.2) is 23.2 Å². The van der Waals surface area contributed by atoms with E-state index in [4.69, 9.17) is 21.4 Å². The second-order valence-corrected chi connectivity index (χ2v) is 4.93. The van der Waals surface area contributed by atoms with Gasteiger partial charge in [-0.2, -0.15) is 0 Å². The van der Waals surface area contributed by atoms with Crippen molar-refractivity contribution in [3.8, 4) is 5.75 Å². The maximum absolute atomic E-state index is 10.7. The van der Waals surface area contributed by atoms with Gasteiger partial charge in [-0.05, 0) is 37.5 Å². The van der Waals surface area contributed by atoms with Gasteiger partial charge in [0, 0.05) is 12.6 Å². The molecule has 1 aliphatic rings. The number of hydrogen-bond donors (Lipinski definition) is 2. The molecule has 1 fully saturated rings. The number of aliphatic carboxylic acids is 1. The quantitative estimate of drug-likeness (QED) is 0.833. The number of rotatable bonds is 6.